The van der Waals surface area contributed by atoms with Gasteiger partial charge in [-0.3, -0.25) is 4.79 Å². The maximum absolute atomic E-state index is 12.1. The number of carbonyl (C=O) groups excluding carboxylic acids is 1. The average molecular weight is 198 g/mol. The van der Waals surface area contributed by atoms with Gasteiger partial charge in [0.15, 0.2) is 0 Å². The highest BCUT2D eigenvalue weighted by molar-refractivity contribution is 5.82. The summed E-state index contributed by atoms with van der Waals surface area (Å²) >= 11 is 0. The predicted octanol–water partition coefficient (Wildman–Crippen LogP) is 1.38. The van der Waals surface area contributed by atoms with Gasteiger partial charge in [-0.25, -0.2) is 0 Å². The van der Waals surface area contributed by atoms with E-state index in [0.717, 1.165) is 19.4 Å². The number of hydrogen-bond acceptors (Lipinski definition) is 2. The molecule has 0 aromatic carbocycles. The van der Waals surface area contributed by atoms with Gasteiger partial charge < -0.3 is 10.2 Å². The molecule has 1 aliphatic heterocycles. The molecule has 0 radical (unpaired) electrons. The maximum Gasteiger partial charge on any atom is 0.240 e. The van der Waals surface area contributed by atoms with Crippen molar-refractivity contribution < 1.29 is 4.79 Å². The van der Waals surface area contributed by atoms with E-state index in [-0.39, 0.29) is 11.9 Å². The summed E-state index contributed by atoms with van der Waals surface area (Å²) < 4.78 is 0. The van der Waals surface area contributed by atoms with E-state index < -0.39 is 0 Å². The van der Waals surface area contributed by atoms with Crippen molar-refractivity contribution in [1.82, 2.24) is 10.2 Å². The molecular formula is C11H22N2O. The molecule has 1 amide bonds. The van der Waals surface area contributed by atoms with Gasteiger partial charge in [0, 0.05) is 12.1 Å². The van der Waals surface area contributed by atoms with Crippen LogP contribution in [0.4, 0.5) is 0 Å². The van der Waals surface area contributed by atoms with Crippen LogP contribution in [0.25, 0.3) is 0 Å². The highest BCUT2D eigenvalue weighted by atomic mass is 16.2. The molecule has 14 heavy (non-hydrogen) atoms. The first kappa shape index (κ1) is 11.5. The summed E-state index contributed by atoms with van der Waals surface area (Å²) in [5.74, 6) is 0.271. The number of nitrogens with zero attached hydrogens (tertiary/aromatic N) is 1. The molecule has 0 saturated carbocycles. The summed E-state index contributed by atoms with van der Waals surface area (Å²) in [4.78, 5) is 14.1. The second kappa shape index (κ2) is 4.78. The molecule has 0 aromatic rings. The standard InChI is InChI=1S/C11H22N2O/c1-8(2)13(9(3)4)11(14)10-6-5-7-12-10/h8-10,12H,5-7H2,1-4H3. The third-order valence-corrected chi connectivity index (χ3v) is 2.73. The van der Waals surface area contributed by atoms with Crippen molar-refractivity contribution in [2.24, 2.45) is 0 Å². The predicted molar refractivity (Wildman–Crippen MR) is 58.1 cm³/mol. The fraction of sp³-hybridized carbons (Fsp3) is 0.909. The molecule has 3 heteroatoms. The minimum atomic E-state index is 0.0693. The van der Waals surface area contributed by atoms with Crippen molar-refractivity contribution in [2.45, 2.75) is 58.7 Å². The topological polar surface area (TPSA) is 32.3 Å². The van der Waals surface area contributed by atoms with Crippen LogP contribution in [0.5, 0.6) is 0 Å². The van der Waals surface area contributed by atoms with Gasteiger partial charge in [-0.05, 0) is 47.1 Å². The first-order chi connectivity index (χ1) is 6.54. The zero-order chi connectivity index (χ0) is 10.7. The van der Waals surface area contributed by atoms with Gasteiger partial charge in [0.05, 0.1) is 6.04 Å². The summed E-state index contributed by atoms with van der Waals surface area (Å²) in [6, 6.07) is 0.662. The zero-order valence-corrected chi connectivity index (χ0v) is 9.71. The van der Waals surface area contributed by atoms with Crippen molar-refractivity contribution in [3.05, 3.63) is 0 Å². The first-order valence-corrected chi connectivity index (χ1v) is 5.59. The highest BCUT2D eigenvalue weighted by Crippen LogP contribution is 2.13. The molecule has 1 aliphatic rings. The molecule has 1 rings (SSSR count). The molecule has 1 fully saturated rings. The highest BCUT2D eigenvalue weighted by Gasteiger charge is 2.29. The van der Waals surface area contributed by atoms with Crippen molar-refractivity contribution in [3.8, 4) is 0 Å². The average Bonchev–Trinajstić information content (AvgIpc) is 2.53. The van der Waals surface area contributed by atoms with Crippen LogP contribution in [0.2, 0.25) is 0 Å². The minimum Gasteiger partial charge on any atom is -0.336 e. The smallest absolute Gasteiger partial charge is 0.240 e. The van der Waals surface area contributed by atoms with Gasteiger partial charge in [0.2, 0.25) is 5.91 Å². The Kier molecular flexibility index (Phi) is 3.93. The lowest BCUT2D eigenvalue weighted by atomic mass is 10.1. The van der Waals surface area contributed by atoms with Crippen molar-refractivity contribution in [2.75, 3.05) is 6.54 Å². The number of hydrogen-bond donors (Lipinski definition) is 1. The van der Waals surface area contributed by atoms with Gasteiger partial charge >= 0.3 is 0 Å². The Morgan fingerprint density at radius 2 is 1.86 bits per heavy atom. The molecule has 1 saturated heterocycles. The number of nitrogens with one attached hydrogen (secondary N) is 1. The van der Waals surface area contributed by atoms with Gasteiger partial charge in [-0.1, -0.05) is 0 Å². The summed E-state index contributed by atoms with van der Waals surface area (Å²) in [5, 5.41) is 3.26. The first-order valence-electron chi connectivity index (χ1n) is 5.59. The van der Waals surface area contributed by atoms with Crippen LogP contribution in [0.3, 0.4) is 0 Å². The second-order valence-corrected chi connectivity index (χ2v) is 4.58. The van der Waals surface area contributed by atoms with Crippen LogP contribution in [0.1, 0.15) is 40.5 Å². The van der Waals surface area contributed by atoms with Crippen molar-refractivity contribution >= 4 is 5.91 Å². The van der Waals surface area contributed by atoms with E-state index >= 15 is 0 Å². The van der Waals surface area contributed by atoms with E-state index in [9.17, 15) is 4.79 Å². The monoisotopic (exact) mass is 198 g/mol. The molecule has 0 spiro atoms. The molecule has 1 heterocycles. The third-order valence-electron chi connectivity index (χ3n) is 2.73. The van der Waals surface area contributed by atoms with Crippen LogP contribution in [-0.4, -0.2) is 35.5 Å². The summed E-state index contributed by atoms with van der Waals surface area (Å²) in [6.45, 7) is 9.29. The molecule has 0 bridgehead atoms. The van der Waals surface area contributed by atoms with E-state index in [0.29, 0.717) is 12.1 Å². The molecule has 3 nitrogen and oxygen atoms in total. The lowest BCUT2D eigenvalue weighted by Gasteiger charge is -2.33. The van der Waals surface area contributed by atoms with Gasteiger partial charge in [-0.2, -0.15) is 0 Å². The Hall–Kier alpha value is -0.570. The fourth-order valence-corrected chi connectivity index (χ4v) is 2.18. The molecule has 1 N–H and O–H groups in total. The number of rotatable bonds is 3. The molecule has 1 atom stereocenters. The Labute approximate surface area is 86.9 Å². The molecule has 0 aliphatic carbocycles. The largest absolute Gasteiger partial charge is 0.336 e. The summed E-state index contributed by atoms with van der Waals surface area (Å²) in [6.07, 6.45) is 2.12. The van der Waals surface area contributed by atoms with Crippen LogP contribution < -0.4 is 5.32 Å². The zero-order valence-electron chi connectivity index (χ0n) is 9.71. The van der Waals surface area contributed by atoms with Crippen LogP contribution in [0, 0.1) is 0 Å². The van der Waals surface area contributed by atoms with Crippen molar-refractivity contribution in [3.63, 3.8) is 0 Å². The Bertz CT molecular complexity index is 187. The SMILES string of the molecule is CC(C)N(C(=O)C1CCCN1)C(C)C. The summed E-state index contributed by atoms with van der Waals surface area (Å²) in [7, 11) is 0. The van der Waals surface area contributed by atoms with E-state index in [1.165, 1.54) is 0 Å². The number of carbonyl (C=O) groups is 1. The number of amides is 1. The van der Waals surface area contributed by atoms with E-state index in [2.05, 4.69) is 33.0 Å². The fourth-order valence-electron chi connectivity index (χ4n) is 2.18. The summed E-state index contributed by atoms with van der Waals surface area (Å²) in [5.41, 5.74) is 0. The van der Waals surface area contributed by atoms with E-state index in [1.807, 2.05) is 4.90 Å². The molecule has 82 valence electrons. The van der Waals surface area contributed by atoms with E-state index in [1.54, 1.807) is 0 Å². The quantitative estimate of drug-likeness (QED) is 0.743. The van der Waals surface area contributed by atoms with Crippen LogP contribution in [-0.2, 0) is 4.79 Å². The Morgan fingerprint density at radius 3 is 2.21 bits per heavy atom. The van der Waals surface area contributed by atoms with Crippen LogP contribution in [0.15, 0.2) is 0 Å². The normalized spacial score (nSPS) is 22.0. The van der Waals surface area contributed by atoms with Crippen molar-refractivity contribution in [1.29, 1.82) is 0 Å². The van der Waals surface area contributed by atoms with Gasteiger partial charge in [-0.15, -0.1) is 0 Å². The minimum absolute atomic E-state index is 0.0693. The lowest BCUT2D eigenvalue weighted by molar-refractivity contribution is -0.136. The second-order valence-electron chi connectivity index (χ2n) is 4.58. The molecular weight excluding hydrogens is 176 g/mol. The maximum atomic E-state index is 12.1. The molecule has 1 unspecified atom stereocenters. The third kappa shape index (κ3) is 2.47. The Balaban J connectivity index is 2.62. The lowest BCUT2D eigenvalue weighted by Crippen LogP contribution is -2.49. The van der Waals surface area contributed by atoms with Crippen LogP contribution >= 0.6 is 0 Å². The van der Waals surface area contributed by atoms with E-state index in [4.69, 9.17) is 0 Å². The van der Waals surface area contributed by atoms with Gasteiger partial charge in [0.1, 0.15) is 0 Å². The van der Waals surface area contributed by atoms with Gasteiger partial charge in [0.25, 0.3) is 0 Å². The Morgan fingerprint density at radius 1 is 1.29 bits per heavy atom. The molecule has 0 aromatic heterocycles.